The summed E-state index contributed by atoms with van der Waals surface area (Å²) in [6.45, 7) is 4.29. The van der Waals surface area contributed by atoms with Crippen molar-refractivity contribution in [1.29, 1.82) is 0 Å². The summed E-state index contributed by atoms with van der Waals surface area (Å²) in [4.78, 5) is 12.2. The zero-order valence-corrected chi connectivity index (χ0v) is 18.2. The van der Waals surface area contributed by atoms with Gasteiger partial charge in [0.2, 0.25) is 5.91 Å². The van der Waals surface area contributed by atoms with Gasteiger partial charge >= 0.3 is 0 Å². The largest absolute Gasteiger partial charge is 0.497 e. The summed E-state index contributed by atoms with van der Waals surface area (Å²) < 4.78 is 17.1. The van der Waals surface area contributed by atoms with Crippen molar-refractivity contribution in [1.82, 2.24) is 0 Å². The zero-order valence-electron chi connectivity index (χ0n) is 15.8. The third-order valence-electron chi connectivity index (χ3n) is 4.06. The first kappa shape index (κ1) is 21.4. The maximum atomic E-state index is 12.2. The molecule has 2 aromatic rings. The molecule has 0 unspecified atom stereocenters. The van der Waals surface area contributed by atoms with Crippen LogP contribution in [0.4, 0.5) is 5.69 Å². The molecule has 0 spiro atoms. The average molecular weight is 457 g/mol. The third kappa shape index (κ3) is 5.53. The molecule has 0 bridgehead atoms. The number of halogens is 2. The molecule has 1 N–H and O–H groups in total. The molecule has 0 radical (unpaired) electrons. The van der Waals surface area contributed by atoms with Crippen LogP contribution in [0.3, 0.4) is 0 Å². The predicted octanol–water partition coefficient (Wildman–Crippen LogP) is 5.53. The van der Waals surface area contributed by atoms with E-state index in [-0.39, 0.29) is 5.91 Å². The van der Waals surface area contributed by atoms with Gasteiger partial charge in [-0.25, -0.2) is 0 Å². The maximum absolute atomic E-state index is 12.2. The van der Waals surface area contributed by atoms with Crippen LogP contribution in [0, 0.1) is 13.8 Å². The molecule has 0 saturated heterocycles. The maximum Gasteiger partial charge on any atom is 0.224 e. The molecule has 0 fully saturated rings. The van der Waals surface area contributed by atoms with E-state index < -0.39 is 0 Å². The monoisotopic (exact) mass is 455 g/mol. The van der Waals surface area contributed by atoms with Gasteiger partial charge in [-0.2, -0.15) is 0 Å². The second kappa shape index (κ2) is 9.85. The highest BCUT2D eigenvalue weighted by Gasteiger charge is 2.12. The molecule has 27 heavy (non-hydrogen) atoms. The molecule has 146 valence electrons. The van der Waals surface area contributed by atoms with Crippen molar-refractivity contribution in [3.05, 3.63) is 44.9 Å². The average Bonchev–Trinajstić information content (AvgIpc) is 2.67. The van der Waals surface area contributed by atoms with Crippen LogP contribution < -0.4 is 19.5 Å². The Bertz CT molecular complexity index is 826. The summed E-state index contributed by atoms with van der Waals surface area (Å²) in [5.74, 6) is 1.84. The zero-order chi connectivity index (χ0) is 20.0. The van der Waals surface area contributed by atoms with Crippen LogP contribution in [0.5, 0.6) is 17.2 Å². The van der Waals surface area contributed by atoms with Crippen LogP contribution in [0.15, 0.2) is 28.7 Å². The van der Waals surface area contributed by atoms with Crippen LogP contribution in [0.1, 0.15) is 24.0 Å². The Balaban J connectivity index is 1.87. The molecule has 7 heteroatoms. The Morgan fingerprint density at radius 3 is 2.56 bits per heavy atom. The molecule has 0 atom stereocenters. The van der Waals surface area contributed by atoms with E-state index in [0.29, 0.717) is 36.6 Å². The van der Waals surface area contributed by atoms with Crippen molar-refractivity contribution in [2.75, 3.05) is 26.1 Å². The number of carbonyl (C=O) groups excluding carboxylic acids is 1. The Morgan fingerprint density at radius 2 is 1.89 bits per heavy atom. The Hall–Kier alpha value is -1.92. The van der Waals surface area contributed by atoms with E-state index in [1.807, 2.05) is 19.9 Å². The molecule has 0 heterocycles. The Kier molecular flexibility index (Phi) is 7.80. The Morgan fingerprint density at radius 1 is 1.15 bits per heavy atom. The fraction of sp³-hybridized carbons (Fsp3) is 0.350. The molecule has 2 rings (SSSR count). The number of ether oxygens (including phenoxy) is 3. The first-order valence-corrected chi connectivity index (χ1v) is 9.64. The number of nitrogens with one attached hydrogen (secondary N) is 1. The van der Waals surface area contributed by atoms with Crippen LogP contribution >= 0.6 is 27.5 Å². The highest BCUT2D eigenvalue weighted by molar-refractivity contribution is 9.10. The smallest absolute Gasteiger partial charge is 0.224 e. The lowest BCUT2D eigenvalue weighted by Gasteiger charge is -2.14. The first-order chi connectivity index (χ1) is 12.9. The fourth-order valence-electron chi connectivity index (χ4n) is 2.53. The summed E-state index contributed by atoms with van der Waals surface area (Å²) in [7, 11) is 3.13. The van der Waals surface area contributed by atoms with Crippen LogP contribution in [0.2, 0.25) is 5.02 Å². The van der Waals surface area contributed by atoms with Crippen LogP contribution in [-0.4, -0.2) is 26.7 Å². The molecular weight excluding hydrogens is 434 g/mol. The molecule has 0 saturated carbocycles. The number of methoxy groups -OCH3 is 2. The van der Waals surface area contributed by atoms with E-state index in [2.05, 4.69) is 21.2 Å². The number of anilines is 1. The summed E-state index contributed by atoms with van der Waals surface area (Å²) in [5, 5.41) is 3.57. The summed E-state index contributed by atoms with van der Waals surface area (Å²) >= 11 is 9.73. The lowest BCUT2D eigenvalue weighted by molar-refractivity contribution is -0.116. The quantitative estimate of drug-likeness (QED) is 0.530. The van der Waals surface area contributed by atoms with E-state index in [1.54, 1.807) is 32.4 Å². The molecule has 1 amide bonds. The lowest BCUT2D eigenvalue weighted by atomic mass is 10.1. The van der Waals surface area contributed by atoms with Crippen molar-refractivity contribution >= 4 is 39.1 Å². The second-order valence-electron chi connectivity index (χ2n) is 6.01. The number of hydrogen-bond acceptors (Lipinski definition) is 4. The fourth-order valence-corrected chi connectivity index (χ4v) is 3.22. The van der Waals surface area contributed by atoms with Gasteiger partial charge in [0.15, 0.2) is 0 Å². The van der Waals surface area contributed by atoms with Crippen LogP contribution in [-0.2, 0) is 4.79 Å². The molecular formula is C20H23BrClNO4. The number of aryl methyl sites for hydroxylation is 1. The molecule has 0 aromatic heterocycles. The van der Waals surface area contributed by atoms with Gasteiger partial charge in [-0.05, 0) is 65.5 Å². The van der Waals surface area contributed by atoms with Crippen molar-refractivity contribution in [2.24, 2.45) is 0 Å². The highest BCUT2D eigenvalue weighted by Crippen LogP contribution is 2.35. The topological polar surface area (TPSA) is 56.8 Å². The second-order valence-corrected chi connectivity index (χ2v) is 7.18. The summed E-state index contributed by atoms with van der Waals surface area (Å²) in [5.41, 5.74) is 2.50. The lowest BCUT2D eigenvalue weighted by Crippen LogP contribution is -2.13. The third-order valence-corrected chi connectivity index (χ3v) is 5.62. The summed E-state index contributed by atoms with van der Waals surface area (Å²) in [6, 6.07) is 7.13. The number of amides is 1. The van der Waals surface area contributed by atoms with Crippen molar-refractivity contribution in [3.63, 3.8) is 0 Å². The highest BCUT2D eigenvalue weighted by atomic mass is 79.9. The van der Waals surface area contributed by atoms with Gasteiger partial charge in [0, 0.05) is 17.5 Å². The van der Waals surface area contributed by atoms with E-state index in [1.165, 1.54) is 0 Å². The van der Waals surface area contributed by atoms with Crippen molar-refractivity contribution < 1.29 is 19.0 Å². The van der Waals surface area contributed by atoms with Gasteiger partial charge in [-0.3, -0.25) is 4.79 Å². The van der Waals surface area contributed by atoms with Crippen molar-refractivity contribution in [3.8, 4) is 17.2 Å². The van der Waals surface area contributed by atoms with Gasteiger partial charge in [-0.15, -0.1) is 0 Å². The van der Waals surface area contributed by atoms with Gasteiger partial charge in [-0.1, -0.05) is 11.6 Å². The predicted molar refractivity (Wildman–Crippen MR) is 112 cm³/mol. The van der Waals surface area contributed by atoms with Crippen LogP contribution in [0.25, 0.3) is 0 Å². The van der Waals surface area contributed by atoms with Gasteiger partial charge in [0.1, 0.15) is 17.2 Å². The standard InChI is InChI=1S/C20H23BrClNO4/c1-12-10-17(19(21)13(2)20(12)22)27-9-5-6-18(24)23-15-8-7-14(25-3)11-16(15)26-4/h7-8,10-11H,5-6,9H2,1-4H3,(H,23,24). The molecule has 2 aromatic carbocycles. The molecule has 5 nitrogen and oxygen atoms in total. The molecule has 0 aliphatic rings. The van der Waals surface area contributed by atoms with E-state index in [4.69, 9.17) is 25.8 Å². The number of benzene rings is 2. The molecule has 0 aliphatic heterocycles. The van der Waals surface area contributed by atoms with E-state index in [9.17, 15) is 4.79 Å². The minimum Gasteiger partial charge on any atom is -0.497 e. The number of carbonyl (C=O) groups is 1. The SMILES string of the molecule is COc1ccc(NC(=O)CCCOc2cc(C)c(Cl)c(C)c2Br)c(OC)c1. The number of rotatable bonds is 8. The first-order valence-electron chi connectivity index (χ1n) is 8.47. The Labute approximate surface area is 173 Å². The minimum absolute atomic E-state index is 0.107. The normalized spacial score (nSPS) is 10.4. The van der Waals surface area contributed by atoms with E-state index in [0.717, 1.165) is 26.4 Å². The molecule has 0 aliphatic carbocycles. The van der Waals surface area contributed by atoms with E-state index >= 15 is 0 Å². The summed E-state index contributed by atoms with van der Waals surface area (Å²) in [6.07, 6.45) is 0.913. The van der Waals surface area contributed by atoms with Gasteiger partial charge in [0.05, 0.1) is 31.0 Å². The van der Waals surface area contributed by atoms with Gasteiger partial charge < -0.3 is 19.5 Å². The van der Waals surface area contributed by atoms with Gasteiger partial charge in [0.25, 0.3) is 0 Å². The number of hydrogen-bond donors (Lipinski definition) is 1. The minimum atomic E-state index is -0.107. The van der Waals surface area contributed by atoms with Crippen molar-refractivity contribution in [2.45, 2.75) is 26.7 Å².